The normalized spacial score (nSPS) is 18.7. The van der Waals surface area contributed by atoms with E-state index in [1.54, 1.807) is 18.7 Å². The van der Waals surface area contributed by atoms with E-state index in [-0.39, 0.29) is 49.2 Å². The molecule has 1 aromatic heterocycles. The van der Waals surface area contributed by atoms with Gasteiger partial charge >= 0.3 is 0 Å². The molecule has 0 bridgehead atoms. The highest BCUT2D eigenvalue weighted by Gasteiger charge is 2.47. The first-order chi connectivity index (χ1) is 24.0. The molecular weight excluding hydrogens is 634 g/mol. The molecule has 4 atom stereocenters. The number of H-pyrrole nitrogens is 1. The monoisotopic (exact) mass is 687 g/mol. The zero-order valence-corrected chi connectivity index (χ0v) is 29.4. The van der Waals surface area contributed by atoms with Gasteiger partial charge in [-0.3, -0.25) is 19.2 Å². The number of imidazole rings is 1. The molecule has 5 N–H and O–H groups in total. The zero-order chi connectivity index (χ0) is 35.7. The van der Waals surface area contributed by atoms with Crippen molar-refractivity contribution < 1.29 is 29.0 Å². The summed E-state index contributed by atoms with van der Waals surface area (Å²) in [6, 6.07) is 12.9. The first-order valence-corrected chi connectivity index (χ1v) is 18.2. The fourth-order valence-corrected chi connectivity index (χ4v) is 7.45. The van der Waals surface area contributed by atoms with Crippen LogP contribution in [0.5, 0.6) is 0 Å². The summed E-state index contributed by atoms with van der Waals surface area (Å²) in [6.07, 6.45) is 7.30. The van der Waals surface area contributed by atoms with Gasteiger partial charge in [0.05, 0.1) is 31.7 Å². The SMILES string of the molecule is CC(C)C(=O)CC(O)[C@H](CC1CCCCC1)NC(=O)[C@@](N)(Cc1cnc[nH]1)C(=O)C(CC(=O)N1CCOCC1)Cc1cccc2ccccc12. The third-order valence-electron chi connectivity index (χ3n) is 10.5. The number of fused-ring (bicyclic) bond motifs is 1. The van der Waals surface area contributed by atoms with Gasteiger partial charge in [-0.05, 0) is 35.1 Å². The van der Waals surface area contributed by atoms with E-state index in [2.05, 4.69) is 15.3 Å². The van der Waals surface area contributed by atoms with Crippen LogP contribution >= 0.6 is 0 Å². The van der Waals surface area contributed by atoms with E-state index in [9.17, 15) is 24.3 Å². The number of nitrogens with two attached hydrogens (primary N) is 1. The van der Waals surface area contributed by atoms with Crippen molar-refractivity contribution in [1.29, 1.82) is 0 Å². The second kappa shape index (κ2) is 17.3. The van der Waals surface area contributed by atoms with Crippen LogP contribution in [0.4, 0.5) is 0 Å². The number of carbonyl (C=O) groups excluding carboxylic acids is 4. The van der Waals surface area contributed by atoms with Crippen molar-refractivity contribution in [2.45, 2.75) is 95.7 Å². The number of aromatic amines is 1. The summed E-state index contributed by atoms with van der Waals surface area (Å²) in [7, 11) is 0. The average molecular weight is 688 g/mol. The lowest BCUT2D eigenvalue weighted by Crippen LogP contribution is -2.65. The minimum absolute atomic E-state index is 0.107. The molecular formula is C39H53N5O6. The highest BCUT2D eigenvalue weighted by Crippen LogP contribution is 2.30. The largest absolute Gasteiger partial charge is 0.391 e. The Kier molecular flexibility index (Phi) is 12.9. The lowest BCUT2D eigenvalue weighted by molar-refractivity contribution is -0.144. The summed E-state index contributed by atoms with van der Waals surface area (Å²) < 4.78 is 5.45. The fourth-order valence-electron chi connectivity index (χ4n) is 7.45. The van der Waals surface area contributed by atoms with Gasteiger partial charge in [0, 0.05) is 56.1 Å². The molecule has 0 spiro atoms. The summed E-state index contributed by atoms with van der Waals surface area (Å²) >= 11 is 0. The topological polar surface area (TPSA) is 168 Å². The minimum atomic E-state index is -2.11. The Balaban J connectivity index is 1.48. The van der Waals surface area contributed by atoms with Crippen molar-refractivity contribution in [3.05, 3.63) is 66.2 Å². The Morgan fingerprint density at radius 2 is 1.76 bits per heavy atom. The molecule has 5 rings (SSSR count). The second-order valence-electron chi connectivity index (χ2n) is 14.5. The molecule has 2 heterocycles. The number of Topliss-reactive ketones (excluding diaryl/α,β-unsaturated/α-hetero) is 2. The first kappa shape index (κ1) is 37.3. The number of amides is 2. The maximum absolute atomic E-state index is 15.0. The smallest absolute Gasteiger partial charge is 0.248 e. The lowest BCUT2D eigenvalue weighted by atomic mass is 9.77. The molecule has 270 valence electrons. The Hall–Kier alpha value is -3.93. The van der Waals surface area contributed by atoms with Crippen LogP contribution < -0.4 is 11.1 Å². The number of benzene rings is 2. The number of aromatic nitrogens is 2. The number of aliphatic hydroxyl groups is 1. The van der Waals surface area contributed by atoms with Crippen LogP contribution in [0.2, 0.25) is 0 Å². The number of ether oxygens (including phenoxy) is 1. The molecule has 11 nitrogen and oxygen atoms in total. The van der Waals surface area contributed by atoms with Crippen LogP contribution in [0.15, 0.2) is 55.0 Å². The third kappa shape index (κ3) is 9.44. The van der Waals surface area contributed by atoms with Gasteiger partial charge in [-0.2, -0.15) is 0 Å². The summed E-state index contributed by atoms with van der Waals surface area (Å²) in [5.74, 6) is -2.56. The fraction of sp³-hybridized carbons (Fsp3) is 0.564. The van der Waals surface area contributed by atoms with Gasteiger partial charge < -0.3 is 30.8 Å². The number of morpholine rings is 1. The number of ketones is 2. The van der Waals surface area contributed by atoms with Gasteiger partial charge in [-0.25, -0.2) is 4.98 Å². The van der Waals surface area contributed by atoms with E-state index in [4.69, 9.17) is 10.5 Å². The van der Waals surface area contributed by atoms with E-state index in [1.165, 1.54) is 12.5 Å². The Labute approximate surface area is 294 Å². The summed E-state index contributed by atoms with van der Waals surface area (Å²) in [5.41, 5.74) is 6.27. The Morgan fingerprint density at radius 3 is 2.46 bits per heavy atom. The lowest BCUT2D eigenvalue weighted by Gasteiger charge is -2.35. The molecule has 50 heavy (non-hydrogen) atoms. The molecule has 1 aliphatic carbocycles. The molecule has 1 aliphatic heterocycles. The van der Waals surface area contributed by atoms with Crippen molar-refractivity contribution in [1.82, 2.24) is 20.2 Å². The number of hydrogen-bond acceptors (Lipinski definition) is 8. The number of aliphatic hydroxyl groups excluding tert-OH is 1. The quantitative estimate of drug-likeness (QED) is 0.165. The van der Waals surface area contributed by atoms with Crippen molar-refractivity contribution in [3.8, 4) is 0 Å². The van der Waals surface area contributed by atoms with Crippen LogP contribution in [0.3, 0.4) is 0 Å². The van der Waals surface area contributed by atoms with Gasteiger partial charge in [0.1, 0.15) is 5.78 Å². The summed E-state index contributed by atoms with van der Waals surface area (Å²) in [5, 5.41) is 16.3. The maximum atomic E-state index is 15.0. The van der Waals surface area contributed by atoms with Gasteiger partial charge in [0.25, 0.3) is 0 Å². The van der Waals surface area contributed by atoms with E-state index in [0.29, 0.717) is 38.4 Å². The zero-order valence-electron chi connectivity index (χ0n) is 29.4. The van der Waals surface area contributed by atoms with E-state index in [0.717, 1.165) is 48.4 Å². The molecule has 2 aromatic carbocycles. The van der Waals surface area contributed by atoms with Crippen molar-refractivity contribution >= 4 is 34.2 Å². The van der Waals surface area contributed by atoms with Crippen LogP contribution in [0, 0.1) is 17.8 Å². The predicted molar refractivity (Wildman–Crippen MR) is 191 cm³/mol. The van der Waals surface area contributed by atoms with Crippen LogP contribution in [-0.2, 0) is 36.8 Å². The van der Waals surface area contributed by atoms with Crippen LogP contribution in [-0.4, -0.2) is 87.3 Å². The van der Waals surface area contributed by atoms with Crippen LogP contribution in [0.25, 0.3) is 10.8 Å². The molecule has 2 fully saturated rings. The molecule has 1 saturated carbocycles. The Morgan fingerprint density at radius 1 is 1.04 bits per heavy atom. The molecule has 2 unspecified atom stereocenters. The number of hydrogen-bond donors (Lipinski definition) is 4. The summed E-state index contributed by atoms with van der Waals surface area (Å²) in [4.78, 5) is 64.8. The van der Waals surface area contributed by atoms with Gasteiger partial charge in [-0.1, -0.05) is 88.4 Å². The average Bonchev–Trinajstić information content (AvgIpc) is 3.64. The highest BCUT2D eigenvalue weighted by molar-refractivity contribution is 6.12. The number of nitrogens with one attached hydrogen (secondary N) is 2. The molecule has 2 aliphatic rings. The first-order valence-electron chi connectivity index (χ1n) is 18.2. The third-order valence-corrected chi connectivity index (χ3v) is 10.5. The molecule has 1 saturated heterocycles. The molecule has 2 amide bonds. The highest BCUT2D eigenvalue weighted by atomic mass is 16.5. The van der Waals surface area contributed by atoms with Crippen molar-refractivity contribution in [2.24, 2.45) is 23.5 Å². The van der Waals surface area contributed by atoms with E-state index < -0.39 is 35.3 Å². The Bertz CT molecular complexity index is 1590. The number of carbonyl (C=O) groups is 4. The number of nitrogens with zero attached hydrogens (tertiary/aromatic N) is 2. The van der Waals surface area contributed by atoms with Crippen molar-refractivity contribution in [3.63, 3.8) is 0 Å². The maximum Gasteiger partial charge on any atom is 0.248 e. The predicted octanol–water partition coefficient (Wildman–Crippen LogP) is 3.91. The van der Waals surface area contributed by atoms with Gasteiger partial charge in [0.2, 0.25) is 11.8 Å². The van der Waals surface area contributed by atoms with Crippen molar-refractivity contribution in [2.75, 3.05) is 26.3 Å². The summed E-state index contributed by atoms with van der Waals surface area (Å²) in [6.45, 7) is 5.25. The van der Waals surface area contributed by atoms with Crippen LogP contribution in [0.1, 0.15) is 76.5 Å². The van der Waals surface area contributed by atoms with E-state index in [1.807, 2.05) is 42.5 Å². The minimum Gasteiger partial charge on any atom is -0.391 e. The number of rotatable bonds is 16. The van der Waals surface area contributed by atoms with Gasteiger partial charge in [0.15, 0.2) is 11.3 Å². The molecule has 3 aromatic rings. The standard InChI is InChI=1S/C39H53N5O6/c1-26(2)34(45)22-35(46)33(19-27-9-4-3-5-10-27)43-38(49)39(40,23-31-24-41-25-42-31)37(48)30(21-36(47)44-15-17-50-18-16-44)20-29-13-8-12-28-11-6-7-14-32(28)29/h6-8,11-14,24-27,30,33,35,46H,3-5,9-10,15-23,40H2,1-2H3,(H,41,42)(H,43,49)/t30?,33-,35?,39+/m0/s1. The molecule has 0 radical (unpaired) electrons. The van der Waals surface area contributed by atoms with Gasteiger partial charge in [-0.15, -0.1) is 0 Å². The second-order valence-corrected chi connectivity index (χ2v) is 14.5. The molecule has 11 heteroatoms. The van der Waals surface area contributed by atoms with E-state index >= 15 is 0 Å².